The lowest BCUT2D eigenvalue weighted by molar-refractivity contribution is -0.133. The fourth-order valence-electron chi connectivity index (χ4n) is 2.05. The van der Waals surface area contributed by atoms with E-state index in [4.69, 9.17) is 9.52 Å². The molecular formula is C14H13N3O3S. The van der Waals surface area contributed by atoms with Crippen molar-refractivity contribution in [1.82, 2.24) is 14.8 Å². The van der Waals surface area contributed by atoms with Gasteiger partial charge in [0.1, 0.15) is 5.58 Å². The zero-order chi connectivity index (χ0) is 15.0. The predicted octanol–water partition coefficient (Wildman–Crippen LogP) is 2.71. The summed E-state index contributed by atoms with van der Waals surface area (Å²) in [5.41, 5.74) is 1.95. The van der Waals surface area contributed by atoms with E-state index >= 15 is 0 Å². The SMILES string of the molecule is Cc1ccc2oc(-c3nnc(SCC(=O)O)n3C)cc2c1. The lowest BCUT2D eigenvalue weighted by Gasteiger charge is -1.99. The summed E-state index contributed by atoms with van der Waals surface area (Å²) in [5.74, 6) is 0.263. The summed E-state index contributed by atoms with van der Waals surface area (Å²) in [6.45, 7) is 2.02. The Kier molecular flexibility index (Phi) is 3.42. The Bertz CT molecular complexity index is 822. The van der Waals surface area contributed by atoms with Gasteiger partial charge in [-0.15, -0.1) is 10.2 Å². The Balaban J connectivity index is 1.97. The van der Waals surface area contributed by atoms with Crippen LogP contribution in [0.15, 0.2) is 33.8 Å². The van der Waals surface area contributed by atoms with Crippen LogP contribution in [0.4, 0.5) is 0 Å². The van der Waals surface area contributed by atoms with Crippen molar-refractivity contribution in [1.29, 1.82) is 0 Å². The Labute approximate surface area is 124 Å². The fraction of sp³-hybridized carbons (Fsp3) is 0.214. The molecule has 0 amide bonds. The quantitative estimate of drug-likeness (QED) is 0.746. The van der Waals surface area contributed by atoms with Crippen LogP contribution in [-0.4, -0.2) is 31.6 Å². The topological polar surface area (TPSA) is 81.2 Å². The van der Waals surface area contributed by atoms with Crippen molar-refractivity contribution in [3.63, 3.8) is 0 Å². The average Bonchev–Trinajstić information content (AvgIpc) is 2.99. The standard InChI is InChI=1S/C14H13N3O3S/c1-8-3-4-10-9(5-8)6-11(20-10)13-15-16-14(17(13)2)21-7-12(18)19/h3-6H,7H2,1-2H3,(H,18,19). The van der Waals surface area contributed by atoms with Crippen molar-refractivity contribution >= 4 is 28.7 Å². The summed E-state index contributed by atoms with van der Waals surface area (Å²) in [6, 6.07) is 7.86. The number of aliphatic carboxylic acids is 1. The Hall–Kier alpha value is -2.28. The molecule has 0 aliphatic heterocycles. The van der Waals surface area contributed by atoms with Crippen molar-refractivity contribution in [3.8, 4) is 11.6 Å². The molecule has 6 nitrogen and oxygen atoms in total. The average molecular weight is 303 g/mol. The number of fused-ring (bicyclic) bond motifs is 1. The van der Waals surface area contributed by atoms with E-state index in [1.54, 1.807) is 11.6 Å². The van der Waals surface area contributed by atoms with Gasteiger partial charge in [-0.05, 0) is 25.1 Å². The first-order valence-corrected chi connectivity index (χ1v) is 7.27. The van der Waals surface area contributed by atoms with Crippen LogP contribution in [0.3, 0.4) is 0 Å². The molecular weight excluding hydrogens is 290 g/mol. The minimum atomic E-state index is -0.885. The van der Waals surface area contributed by atoms with E-state index in [0.717, 1.165) is 28.3 Å². The van der Waals surface area contributed by atoms with E-state index in [1.807, 2.05) is 31.2 Å². The number of hydrogen-bond donors (Lipinski definition) is 1. The maximum absolute atomic E-state index is 10.6. The number of aromatic nitrogens is 3. The van der Waals surface area contributed by atoms with E-state index in [1.165, 1.54) is 0 Å². The van der Waals surface area contributed by atoms with E-state index in [2.05, 4.69) is 10.2 Å². The molecule has 0 fully saturated rings. The molecule has 0 aliphatic rings. The van der Waals surface area contributed by atoms with Crippen LogP contribution in [0.25, 0.3) is 22.6 Å². The normalized spacial score (nSPS) is 11.1. The third-order valence-corrected chi connectivity index (χ3v) is 4.06. The lowest BCUT2D eigenvalue weighted by Crippen LogP contribution is -2.00. The molecule has 0 saturated carbocycles. The number of nitrogens with zero attached hydrogens (tertiary/aromatic N) is 3. The molecule has 0 spiro atoms. The zero-order valence-electron chi connectivity index (χ0n) is 11.5. The Morgan fingerprint density at radius 3 is 2.95 bits per heavy atom. The van der Waals surface area contributed by atoms with E-state index in [0.29, 0.717) is 16.7 Å². The van der Waals surface area contributed by atoms with Gasteiger partial charge < -0.3 is 14.1 Å². The predicted molar refractivity (Wildman–Crippen MR) is 79.3 cm³/mol. The van der Waals surface area contributed by atoms with Crippen LogP contribution in [0.5, 0.6) is 0 Å². The van der Waals surface area contributed by atoms with Gasteiger partial charge in [0, 0.05) is 12.4 Å². The highest BCUT2D eigenvalue weighted by atomic mass is 32.2. The largest absolute Gasteiger partial charge is 0.481 e. The second kappa shape index (κ2) is 5.25. The number of furan rings is 1. The number of rotatable bonds is 4. The molecule has 108 valence electrons. The molecule has 7 heteroatoms. The molecule has 2 aromatic heterocycles. The summed E-state index contributed by atoms with van der Waals surface area (Å²) in [6.07, 6.45) is 0. The third-order valence-electron chi connectivity index (χ3n) is 3.05. The highest BCUT2D eigenvalue weighted by Crippen LogP contribution is 2.28. The van der Waals surface area contributed by atoms with Crippen LogP contribution >= 0.6 is 11.8 Å². The smallest absolute Gasteiger partial charge is 0.313 e. The van der Waals surface area contributed by atoms with E-state index < -0.39 is 5.97 Å². The molecule has 0 aliphatic carbocycles. The number of aryl methyl sites for hydroxylation is 1. The summed E-state index contributed by atoms with van der Waals surface area (Å²) in [5, 5.41) is 18.4. The zero-order valence-corrected chi connectivity index (χ0v) is 12.3. The Morgan fingerprint density at radius 1 is 1.38 bits per heavy atom. The molecule has 0 unspecified atom stereocenters. The molecule has 1 N–H and O–H groups in total. The van der Waals surface area contributed by atoms with Crippen LogP contribution in [0.2, 0.25) is 0 Å². The summed E-state index contributed by atoms with van der Waals surface area (Å²) >= 11 is 1.13. The molecule has 0 bridgehead atoms. The minimum absolute atomic E-state index is 0.0503. The minimum Gasteiger partial charge on any atom is -0.481 e. The summed E-state index contributed by atoms with van der Waals surface area (Å²) in [7, 11) is 1.79. The van der Waals surface area contributed by atoms with Crippen LogP contribution in [0.1, 0.15) is 5.56 Å². The Morgan fingerprint density at radius 2 is 2.19 bits per heavy atom. The molecule has 2 heterocycles. The molecule has 21 heavy (non-hydrogen) atoms. The number of carbonyl (C=O) groups is 1. The second-order valence-corrected chi connectivity index (χ2v) is 5.64. The number of hydrogen-bond acceptors (Lipinski definition) is 5. The van der Waals surface area contributed by atoms with Gasteiger partial charge in [-0.1, -0.05) is 23.4 Å². The number of benzene rings is 1. The molecule has 3 rings (SSSR count). The first-order chi connectivity index (χ1) is 10.0. The molecule has 1 aromatic carbocycles. The molecule has 0 atom stereocenters. The van der Waals surface area contributed by atoms with Gasteiger partial charge >= 0.3 is 5.97 Å². The van der Waals surface area contributed by atoms with E-state index in [9.17, 15) is 4.79 Å². The second-order valence-electron chi connectivity index (χ2n) is 4.70. The fourth-order valence-corrected chi connectivity index (χ4v) is 2.69. The van der Waals surface area contributed by atoms with Gasteiger partial charge in [0.2, 0.25) is 0 Å². The maximum atomic E-state index is 10.6. The van der Waals surface area contributed by atoms with Gasteiger partial charge in [-0.25, -0.2) is 0 Å². The highest BCUT2D eigenvalue weighted by Gasteiger charge is 2.16. The molecule has 3 aromatic rings. The summed E-state index contributed by atoms with van der Waals surface area (Å²) in [4.78, 5) is 10.6. The van der Waals surface area contributed by atoms with Crippen LogP contribution < -0.4 is 0 Å². The number of carboxylic acid groups (broad SMARTS) is 1. The highest BCUT2D eigenvalue weighted by molar-refractivity contribution is 7.99. The third kappa shape index (κ3) is 2.64. The van der Waals surface area contributed by atoms with Gasteiger partial charge in [-0.2, -0.15) is 0 Å². The van der Waals surface area contributed by atoms with Crippen molar-refractivity contribution in [2.75, 3.05) is 5.75 Å². The molecule has 0 saturated heterocycles. The van der Waals surface area contributed by atoms with Crippen LogP contribution in [-0.2, 0) is 11.8 Å². The number of thioether (sulfide) groups is 1. The first-order valence-electron chi connectivity index (χ1n) is 6.29. The monoisotopic (exact) mass is 303 g/mol. The van der Waals surface area contributed by atoms with Gasteiger partial charge in [-0.3, -0.25) is 4.79 Å². The van der Waals surface area contributed by atoms with Crippen molar-refractivity contribution in [2.45, 2.75) is 12.1 Å². The molecule has 0 radical (unpaired) electrons. The van der Waals surface area contributed by atoms with Gasteiger partial charge in [0.25, 0.3) is 0 Å². The van der Waals surface area contributed by atoms with Gasteiger partial charge in [0.05, 0.1) is 5.75 Å². The van der Waals surface area contributed by atoms with Crippen molar-refractivity contribution in [2.24, 2.45) is 7.05 Å². The van der Waals surface area contributed by atoms with Gasteiger partial charge in [0.15, 0.2) is 16.7 Å². The summed E-state index contributed by atoms with van der Waals surface area (Å²) < 4.78 is 7.51. The van der Waals surface area contributed by atoms with Crippen molar-refractivity contribution in [3.05, 3.63) is 29.8 Å². The lowest BCUT2D eigenvalue weighted by atomic mass is 10.2. The van der Waals surface area contributed by atoms with Crippen molar-refractivity contribution < 1.29 is 14.3 Å². The maximum Gasteiger partial charge on any atom is 0.313 e. The first kappa shape index (κ1) is 13.7. The van der Waals surface area contributed by atoms with Crippen LogP contribution in [0, 0.1) is 6.92 Å². The van der Waals surface area contributed by atoms with E-state index in [-0.39, 0.29) is 5.75 Å². The number of carboxylic acids is 1.